The molecule has 0 aromatic carbocycles. The number of H-pyrrole nitrogens is 1. The smallest absolute Gasteiger partial charge is 0.220 e. The Bertz CT molecular complexity index is 368. The van der Waals surface area contributed by atoms with Gasteiger partial charge in [-0.25, -0.2) is 0 Å². The summed E-state index contributed by atoms with van der Waals surface area (Å²) in [6.07, 6.45) is 0.408. The molecule has 5 heteroatoms. The summed E-state index contributed by atoms with van der Waals surface area (Å²) in [6, 6.07) is -0.193. The number of amides is 1. The fourth-order valence-electron chi connectivity index (χ4n) is 2.05. The minimum Gasteiger partial charge on any atom is -0.394 e. The second-order valence-electron chi connectivity index (χ2n) is 4.60. The van der Waals surface area contributed by atoms with E-state index in [4.69, 9.17) is 5.11 Å². The zero-order chi connectivity index (χ0) is 13.0. The summed E-state index contributed by atoms with van der Waals surface area (Å²) in [4.78, 5) is 11.7. The normalized spacial score (nSPS) is 14.4. The van der Waals surface area contributed by atoms with Crippen LogP contribution in [0.4, 0.5) is 0 Å². The van der Waals surface area contributed by atoms with Crippen molar-refractivity contribution in [2.75, 3.05) is 6.61 Å². The number of aromatic nitrogens is 2. The number of nitrogens with zero attached hydrogens (tertiary/aromatic N) is 1. The van der Waals surface area contributed by atoms with E-state index >= 15 is 0 Å². The average Bonchev–Trinajstić information content (AvgIpc) is 2.57. The fourth-order valence-corrected chi connectivity index (χ4v) is 2.05. The fraction of sp³-hybridized carbons (Fsp3) is 0.667. The summed E-state index contributed by atoms with van der Waals surface area (Å²) in [5.41, 5.74) is 3.06. The summed E-state index contributed by atoms with van der Waals surface area (Å²) in [5.74, 6) is 0.0821. The van der Waals surface area contributed by atoms with Gasteiger partial charge in [0.05, 0.1) is 12.3 Å². The molecule has 1 amide bonds. The van der Waals surface area contributed by atoms with Gasteiger partial charge in [-0.2, -0.15) is 5.10 Å². The number of rotatable bonds is 5. The summed E-state index contributed by atoms with van der Waals surface area (Å²) in [5, 5.41) is 18.6. The summed E-state index contributed by atoms with van der Waals surface area (Å²) in [7, 11) is 0. The van der Waals surface area contributed by atoms with Gasteiger partial charge < -0.3 is 10.4 Å². The Morgan fingerprint density at radius 2 is 2.12 bits per heavy atom. The Labute approximate surface area is 102 Å². The van der Waals surface area contributed by atoms with Gasteiger partial charge in [0.15, 0.2) is 0 Å². The molecule has 0 bridgehead atoms. The molecule has 1 aromatic heterocycles. The van der Waals surface area contributed by atoms with E-state index in [0.29, 0.717) is 6.42 Å². The maximum atomic E-state index is 11.7. The van der Waals surface area contributed by atoms with Crippen LogP contribution >= 0.6 is 0 Å². The van der Waals surface area contributed by atoms with E-state index in [1.807, 2.05) is 20.8 Å². The number of hydrogen-bond donors (Lipinski definition) is 3. The molecule has 1 heterocycles. The van der Waals surface area contributed by atoms with Crippen LogP contribution in [0.2, 0.25) is 0 Å². The summed E-state index contributed by atoms with van der Waals surface area (Å²) in [6.45, 7) is 7.64. The van der Waals surface area contributed by atoms with Crippen LogP contribution in [0.15, 0.2) is 0 Å². The SMILES string of the molecule is Cc1n[nH]c(C)c1C(C)CC(=O)NC(C)CO. The van der Waals surface area contributed by atoms with E-state index < -0.39 is 0 Å². The van der Waals surface area contributed by atoms with Gasteiger partial charge in [0, 0.05) is 18.2 Å². The van der Waals surface area contributed by atoms with Gasteiger partial charge in [-0.05, 0) is 32.3 Å². The molecule has 0 fully saturated rings. The zero-order valence-electron chi connectivity index (χ0n) is 10.9. The first-order valence-electron chi connectivity index (χ1n) is 5.87. The lowest BCUT2D eigenvalue weighted by molar-refractivity contribution is -0.122. The Hall–Kier alpha value is -1.36. The van der Waals surface area contributed by atoms with Gasteiger partial charge in [0.2, 0.25) is 5.91 Å². The quantitative estimate of drug-likeness (QED) is 0.717. The molecule has 5 nitrogen and oxygen atoms in total. The molecule has 0 saturated carbocycles. The Morgan fingerprint density at radius 3 is 2.59 bits per heavy atom. The molecular weight excluding hydrogens is 218 g/mol. The zero-order valence-corrected chi connectivity index (χ0v) is 10.9. The highest BCUT2D eigenvalue weighted by Gasteiger charge is 2.18. The predicted octanol–water partition coefficient (Wildman–Crippen LogP) is 1.02. The van der Waals surface area contributed by atoms with Crippen LogP contribution < -0.4 is 5.32 Å². The minimum atomic E-state index is -0.193. The average molecular weight is 239 g/mol. The highest BCUT2D eigenvalue weighted by molar-refractivity contribution is 5.77. The lowest BCUT2D eigenvalue weighted by atomic mass is 9.95. The first-order chi connectivity index (χ1) is 7.95. The third kappa shape index (κ3) is 3.56. The molecule has 17 heavy (non-hydrogen) atoms. The van der Waals surface area contributed by atoms with E-state index in [2.05, 4.69) is 15.5 Å². The van der Waals surface area contributed by atoms with Crippen LogP contribution in [0, 0.1) is 13.8 Å². The first-order valence-corrected chi connectivity index (χ1v) is 5.87. The number of hydrogen-bond acceptors (Lipinski definition) is 3. The van der Waals surface area contributed by atoms with Gasteiger partial charge >= 0.3 is 0 Å². The van der Waals surface area contributed by atoms with Crippen molar-refractivity contribution in [1.29, 1.82) is 0 Å². The number of aliphatic hydroxyl groups excluding tert-OH is 1. The Balaban J connectivity index is 2.61. The van der Waals surface area contributed by atoms with Crippen molar-refractivity contribution in [3.63, 3.8) is 0 Å². The molecule has 1 aromatic rings. The highest BCUT2D eigenvalue weighted by atomic mass is 16.3. The van der Waals surface area contributed by atoms with Crippen molar-refractivity contribution < 1.29 is 9.90 Å². The number of nitrogens with one attached hydrogen (secondary N) is 2. The minimum absolute atomic E-state index is 0.0378. The number of aromatic amines is 1. The van der Waals surface area contributed by atoms with E-state index in [1.165, 1.54) is 0 Å². The summed E-state index contributed by atoms with van der Waals surface area (Å²) >= 11 is 0. The molecule has 0 aliphatic carbocycles. The number of carbonyl (C=O) groups excluding carboxylic acids is 1. The Kier molecular flexibility index (Phi) is 4.69. The van der Waals surface area contributed by atoms with Gasteiger partial charge in [-0.1, -0.05) is 6.92 Å². The molecule has 0 spiro atoms. The molecule has 96 valence electrons. The van der Waals surface area contributed by atoms with Crippen LogP contribution in [-0.4, -0.2) is 33.9 Å². The highest BCUT2D eigenvalue weighted by Crippen LogP contribution is 2.24. The van der Waals surface area contributed by atoms with Crippen molar-refractivity contribution in [3.8, 4) is 0 Å². The standard InChI is InChI=1S/C12H21N3O2/c1-7(5-11(17)13-8(2)6-16)12-9(3)14-15-10(12)4/h7-8,16H,5-6H2,1-4H3,(H,13,17)(H,14,15). The predicted molar refractivity (Wildman–Crippen MR) is 65.8 cm³/mol. The number of aliphatic hydroxyl groups is 1. The molecule has 0 aliphatic heterocycles. The molecule has 2 unspecified atom stereocenters. The molecule has 0 aliphatic rings. The van der Waals surface area contributed by atoms with Gasteiger partial charge in [0.1, 0.15) is 0 Å². The first kappa shape index (κ1) is 13.7. The largest absolute Gasteiger partial charge is 0.394 e. The molecule has 0 radical (unpaired) electrons. The molecule has 0 saturated heterocycles. The van der Waals surface area contributed by atoms with E-state index in [-0.39, 0.29) is 24.5 Å². The van der Waals surface area contributed by atoms with Gasteiger partial charge in [-0.3, -0.25) is 9.89 Å². The van der Waals surface area contributed by atoms with Crippen molar-refractivity contribution >= 4 is 5.91 Å². The topological polar surface area (TPSA) is 78.0 Å². The molecular formula is C12H21N3O2. The second-order valence-corrected chi connectivity index (χ2v) is 4.60. The van der Waals surface area contributed by atoms with Crippen LogP contribution in [0.5, 0.6) is 0 Å². The van der Waals surface area contributed by atoms with Crippen molar-refractivity contribution in [3.05, 3.63) is 17.0 Å². The molecule has 2 atom stereocenters. The summed E-state index contributed by atoms with van der Waals surface area (Å²) < 4.78 is 0. The van der Waals surface area contributed by atoms with Gasteiger partial charge in [-0.15, -0.1) is 0 Å². The van der Waals surface area contributed by atoms with Gasteiger partial charge in [0.25, 0.3) is 0 Å². The van der Waals surface area contributed by atoms with Crippen LogP contribution in [0.3, 0.4) is 0 Å². The van der Waals surface area contributed by atoms with Crippen molar-refractivity contribution in [1.82, 2.24) is 15.5 Å². The van der Waals surface area contributed by atoms with Crippen LogP contribution in [-0.2, 0) is 4.79 Å². The number of carbonyl (C=O) groups is 1. The van der Waals surface area contributed by atoms with E-state index in [9.17, 15) is 4.79 Å². The maximum absolute atomic E-state index is 11.7. The van der Waals surface area contributed by atoms with Crippen molar-refractivity contribution in [2.24, 2.45) is 0 Å². The van der Waals surface area contributed by atoms with E-state index in [1.54, 1.807) is 6.92 Å². The van der Waals surface area contributed by atoms with Crippen LogP contribution in [0.1, 0.15) is 43.1 Å². The monoisotopic (exact) mass is 239 g/mol. The third-order valence-electron chi connectivity index (χ3n) is 2.85. The lowest BCUT2D eigenvalue weighted by Crippen LogP contribution is -2.35. The Morgan fingerprint density at radius 1 is 1.47 bits per heavy atom. The molecule has 1 rings (SSSR count). The second kappa shape index (κ2) is 5.82. The molecule has 3 N–H and O–H groups in total. The third-order valence-corrected chi connectivity index (χ3v) is 2.85. The van der Waals surface area contributed by atoms with Crippen molar-refractivity contribution in [2.45, 2.75) is 46.1 Å². The van der Waals surface area contributed by atoms with E-state index in [0.717, 1.165) is 17.0 Å². The number of aryl methyl sites for hydroxylation is 2. The maximum Gasteiger partial charge on any atom is 0.220 e. The van der Waals surface area contributed by atoms with Crippen LogP contribution in [0.25, 0.3) is 0 Å². The lowest BCUT2D eigenvalue weighted by Gasteiger charge is -2.15.